The van der Waals surface area contributed by atoms with E-state index >= 15 is 0 Å². The van der Waals surface area contributed by atoms with E-state index in [1.807, 2.05) is 19.1 Å². The maximum absolute atomic E-state index is 12.7. The average Bonchev–Trinajstić information content (AvgIpc) is 2.66. The van der Waals surface area contributed by atoms with Gasteiger partial charge in [-0.3, -0.25) is 4.79 Å². The first kappa shape index (κ1) is 19.6. The number of methoxy groups -OCH3 is 1. The molecule has 1 amide bonds. The second-order valence-corrected chi connectivity index (χ2v) is 6.22. The Morgan fingerprint density at radius 3 is 2.54 bits per heavy atom. The normalized spacial score (nSPS) is 10.1. The van der Waals surface area contributed by atoms with Gasteiger partial charge in [0.15, 0.2) is 11.5 Å². The number of ether oxygens (including phenoxy) is 2. The van der Waals surface area contributed by atoms with Crippen molar-refractivity contribution in [2.75, 3.05) is 20.8 Å². The second kappa shape index (κ2) is 9.12. The fourth-order valence-corrected chi connectivity index (χ4v) is 2.70. The first-order valence-electron chi connectivity index (χ1n) is 8.25. The van der Waals surface area contributed by atoms with Crippen LogP contribution in [0.1, 0.15) is 34.8 Å². The van der Waals surface area contributed by atoms with Crippen LogP contribution in [-0.2, 0) is 6.54 Å². The average molecular weight is 373 g/mol. The van der Waals surface area contributed by atoms with Crippen molar-refractivity contribution in [1.29, 1.82) is 5.26 Å². The number of rotatable bonds is 7. The standard InChI is InChI=1S/C20H21ClN2O3/c1-4-9-26-19-17(21)10-16(11-18(19)25-3)20(24)23(2)13-15-7-5-14(12-22)6-8-15/h5-8,10-11H,4,9,13H2,1-3H3. The number of amides is 1. The van der Waals surface area contributed by atoms with Crippen LogP contribution in [0.3, 0.4) is 0 Å². The van der Waals surface area contributed by atoms with Gasteiger partial charge in [-0.25, -0.2) is 0 Å². The molecule has 0 aliphatic carbocycles. The zero-order chi connectivity index (χ0) is 19.1. The van der Waals surface area contributed by atoms with E-state index < -0.39 is 0 Å². The second-order valence-electron chi connectivity index (χ2n) is 5.81. The van der Waals surface area contributed by atoms with Gasteiger partial charge >= 0.3 is 0 Å². The van der Waals surface area contributed by atoms with E-state index in [0.29, 0.717) is 40.8 Å². The molecule has 0 bridgehead atoms. The molecule has 0 N–H and O–H groups in total. The fourth-order valence-electron chi connectivity index (χ4n) is 2.44. The number of halogens is 1. The highest BCUT2D eigenvalue weighted by atomic mass is 35.5. The summed E-state index contributed by atoms with van der Waals surface area (Å²) in [5, 5.41) is 9.19. The zero-order valence-corrected chi connectivity index (χ0v) is 15.8. The van der Waals surface area contributed by atoms with E-state index in [-0.39, 0.29) is 5.91 Å². The van der Waals surface area contributed by atoms with Gasteiger partial charge in [0.05, 0.1) is 30.4 Å². The van der Waals surface area contributed by atoms with Gasteiger partial charge in [0.1, 0.15) is 0 Å². The molecule has 0 saturated carbocycles. The number of nitriles is 1. The minimum Gasteiger partial charge on any atom is -0.493 e. The third-order valence-corrected chi connectivity index (χ3v) is 4.06. The molecule has 0 aliphatic heterocycles. The number of hydrogen-bond donors (Lipinski definition) is 0. The Balaban J connectivity index is 2.19. The van der Waals surface area contributed by atoms with Gasteiger partial charge in [-0.2, -0.15) is 5.26 Å². The number of carbonyl (C=O) groups excluding carboxylic acids is 1. The van der Waals surface area contributed by atoms with Crippen molar-refractivity contribution in [3.63, 3.8) is 0 Å². The highest BCUT2D eigenvalue weighted by Crippen LogP contribution is 2.36. The molecular formula is C20H21ClN2O3. The predicted octanol–water partition coefficient (Wildman–Crippen LogP) is 4.28. The molecule has 0 atom stereocenters. The summed E-state index contributed by atoms with van der Waals surface area (Å²) in [5.74, 6) is 0.694. The van der Waals surface area contributed by atoms with E-state index in [1.54, 1.807) is 36.2 Å². The molecule has 2 rings (SSSR count). The number of nitrogens with zero attached hydrogens (tertiary/aromatic N) is 2. The molecule has 0 fully saturated rings. The lowest BCUT2D eigenvalue weighted by Crippen LogP contribution is -2.26. The Labute approximate surface area is 158 Å². The molecule has 2 aromatic carbocycles. The van der Waals surface area contributed by atoms with Crippen LogP contribution in [0.25, 0.3) is 0 Å². The largest absolute Gasteiger partial charge is 0.493 e. The van der Waals surface area contributed by atoms with Gasteiger partial charge in [0, 0.05) is 19.2 Å². The maximum atomic E-state index is 12.7. The van der Waals surface area contributed by atoms with Gasteiger partial charge in [-0.15, -0.1) is 0 Å². The third kappa shape index (κ3) is 4.68. The van der Waals surface area contributed by atoms with Crippen molar-refractivity contribution in [2.24, 2.45) is 0 Å². The molecular weight excluding hydrogens is 352 g/mol. The molecule has 0 heterocycles. The topological polar surface area (TPSA) is 62.6 Å². The fraction of sp³-hybridized carbons (Fsp3) is 0.300. The van der Waals surface area contributed by atoms with Crippen LogP contribution in [0.15, 0.2) is 36.4 Å². The molecule has 0 unspecified atom stereocenters. The van der Waals surface area contributed by atoms with Crippen LogP contribution in [0.4, 0.5) is 0 Å². The lowest BCUT2D eigenvalue weighted by molar-refractivity contribution is 0.0784. The van der Waals surface area contributed by atoms with E-state index in [1.165, 1.54) is 7.11 Å². The van der Waals surface area contributed by atoms with Crippen LogP contribution < -0.4 is 9.47 Å². The summed E-state index contributed by atoms with van der Waals surface area (Å²) in [4.78, 5) is 14.3. The van der Waals surface area contributed by atoms with Crippen molar-refractivity contribution in [2.45, 2.75) is 19.9 Å². The Hall–Kier alpha value is -2.71. The van der Waals surface area contributed by atoms with Crippen LogP contribution in [0.2, 0.25) is 5.02 Å². The van der Waals surface area contributed by atoms with Crippen LogP contribution in [0.5, 0.6) is 11.5 Å². The highest BCUT2D eigenvalue weighted by molar-refractivity contribution is 6.32. The molecule has 2 aromatic rings. The van der Waals surface area contributed by atoms with Crippen LogP contribution in [0, 0.1) is 11.3 Å². The molecule has 0 aromatic heterocycles. The van der Waals surface area contributed by atoms with E-state index in [9.17, 15) is 4.79 Å². The van der Waals surface area contributed by atoms with Crippen LogP contribution >= 0.6 is 11.6 Å². The molecule has 5 nitrogen and oxygen atoms in total. The van der Waals surface area contributed by atoms with Crippen molar-refractivity contribution in [1.82, 2.24) is 4.90 Å². The monoisotopic (exact) mass is 372 g/mol. The molecule has 6 heteroatoms. The van der Waals surface area contributed by atoms with Crippen LogP contribution in [-0.4, -0.2) is 31.6 Å². The van der Waals surface area contributed by atoms with Crippen molar-refractivity contribution in [3.05, 3.63) is 58.1 Å². The number of benzene rings is 2. The maximum Gasteiger partial charge on any atom is 0.254 e. The first-order valence-corrected chi connectivity index (χ1v) is 8.62. The van der Waals surface area contributed by atoms with Crippen molar-refractivity contribution < 1.29 is 14.3 Å². The van der Waals surface area contributed by atoms with Gasteiger partial charge in [0.2, 0.25) is 0 Å². The van der Waals surface area contributed by atoms with E-state index in [2.05, 4.69) is 6.07 Å². The summed E-state index contributed by atoms with van der Waals surface area (Å²) >= 11 is 6.29. The smallest absolute Gasteiger partial charge is 0.254 e. The quantitative estimate of drug-likeness (QED) is 0.727. The Bertz CT molecular complexity index is 813. The first-order chi connectivity index (χ1) is 12.5. The molecule has 136 valence electrons. The summed E-state index contributed by atoms with van der Waals surface area (Å²) in [6, 6.07) is 12.4. The molecule has 0 aliphatic rings. The molecule has 26 heavy (non-hydrogen) atoms. The minimum absolute atomic E-state index is 0.184. The minimum atomic E-state index is -0.184. The van der Waals surface area contributed by atoms with E-state index in [4.69, 9.17) is 26.3 Å². The van der Waals surface area contributed by atoms with Gasteiger partial charge in [0.25, 0.3) is 5.91 Å². The van der Waals surface area contributed by atoms with Gasteiger partial charge < -0.3 is 14.4 Å². The van der Waals surface area contributed by atoms with Gasteiger partial charge in [-0.1, -0.05) is 30.7 Å². The zero-order valence-electron chi connectivity index (χ0n) is 15.1. The number of carbonyl (C=O) groups is 1. The SMILES string of the molecule is CCCOc1c(Cl)cc(C(=O)N(C)Cc2ccc(C#N)cc2)cc1OC. The Morgan fingerprint density at radius 2 is 1.96 bits per heavy atom. The van der Waals surface area contributed by atoms with E-state index in [0.717, 1.165) is 12.0 Å². The Kier molecular flexibility index (Phi) is 6.88. The highest BCUT2D eigenvalue weighted by Gasteiger charge is 2.18. The Morgan fingerprint density at radius 1 is 1.27 bits per heavy atom. The molecule has 0 radical (unpaired) electrons. The van der Waals surface area contributed by atoms with Crippen molar-refractivity contribution in [3.8, 4) is 17.6 Å². The summed E-state index contributed by atoms with van der Waals surface area (Å²) in [7, 11) is 3.22. The van der Waals surface area contributed by atoms with Crippen molar-refractivity contribution >= 4 is 17.5 Å². The summed E-state index contributed by atoms with van der Waals surface area (Å²) < 4.78 is 10.9. The molecule has 0 spiro atoms. The summed E-state index contributed by atoms with van der Waals surface area (Å²) in [5.41, 5.74) is 1.94. The molecule has 0 saturated heterocycles. The lowest BCUT2D eigenvalue weighted by Gasteiger charge is -2.19. The third-order valence-electron chi connectivity index (χ3n) is 3.78. The summed E-state index contributed by atoms with van der Waals surface area (Å²) in [6.07, 6.45) is 0.841. The summed E-state index contributed by atoms with van der Waals surface area (Å²) in [6.45, 7) is 2.93. The lowest BCUT2D eigenvalue weighted by atomic mass is 10.1. The van der Waals surface area contributed by atoms with Gasteiger partial charge in [-0.05, 0) is 36.2 Å². The number of hydrogen-bond acceptors (Lipinski definition) is 4. The predicted molar refractivity (Wildman–Crippen MR) is 101 cm³/mol.